The zero-order chi connectivity index (χ0) is 9.52. The number of aromatic nitrogens is 2. The molecule has 5 heteroatoms. The lowest BCUT2D eigenvalue weighted by Crippen LogP contribution is -2.08. The maximum Gasteiger partial charge on any atom is 0.316 e. The highest BCUT2D eigenvalue weighted by atomic mass is 127. The second-order valence-electron chi connectivity index (χ2n) is 2.23. The van der Waals surface area contributed by atoms with Crippen molar-refractivity contribution in [2.75, 3.05) is 19.8 Å². The first-order chi connectivity index (χ1) is 6.33. The van der Waals surface area contributed by atoms with E-state index in [-0.39, 0.29) is 0 Å². The van der Waals surface area contributed by atoms with Gasteiger partial charge in [0.1, 0.15) is 6.61 Å². The molecule has 0 amide bonds. The first-order valence-electron chi connectivity index (χ1n) is 4.01. The van der Waals surface area contributed by atoms with Crippen molar-refractivity contribution in [3.05, 3.63) is 16.0 Å². The number of halogens is 1. The van der Waals surface area contributed by atoms with Gasteiger partial charge in [-0.05, 0) is 29.5 Å². The van der Waals surface area contributed by atoms with E-state index in [0.29, 0.717) is 25.8 Å². The highest BCUT2D eigenvalue weighted by Crippen LogP contribution is 2.04. The van der Waals surface area contributed by atoms with Crippen molar-refractivity contribution in [2.24, 2.45) is 0 Å². The Morgan fingerprint density at radius 1 is 1.31 bits per heavy atom. The van der Waals surface area contributed by atoms with Gasteiger partial charge in [-0.1, -0.05) is 0 Å². The average Bonchev–Trinajstić information content (AvgIpc) is 2.15. The van der Waals surface area contributed by atoms with Gasteiger partial charge < -0.3 is 9.47 Å². The zero-order valence-electron chi connectivity index (χ0n) is 7.36. The fraction of sp³-hybridized carbons (Fsp3) is 0.500. The zero-order valence-corrected chi connectivity index (χ0v) is 9.52. The second-order valence-corrected chi connectivity index (χ2v) is 3.47. The molecule has 72 valence electrons. The lowest BCUT2D eigenvalue weighted by molar-refractivity contribution is 0.106. The largest absolute Gasteiger partial charge is 0.461 e. The molecule has 0 fully saturated rings. The number of hydrogen-bond acceptors (Lipinski definition) is 4. The van der Waals surface area contributed by atoms with E-state index in [0.717, 1.165) is 3.57 Å². The van der Waals surface area contributed by atoms with E-state index in [2.05, 4.69) is 32.6 Å². The van der Waals surface area contributed by atoms with Gasteiger partial charge >= 0.3 is 6.01 Å². The third-order valence-electron chi connectivity index (χ3n) is 1.26. The lowest BCUT2D eigenvalue weighted by Gasteiger charge is -2.03. The van der Waals surface area contributed by atoms with Crippen LogP contribution in [-0.2, 0) is 4.74 Å². The van der Waals surface area contributed by atoms with Gasteiger partial charge in [-0.15, -0.1) is 0 Å². The third-order valence-corrected chi connectivity index (χ3v) is 1.82. The van der Waals surface area contributed by atoms with E-state index in [1.165, 1.54) is 0 Å². The van der Waals surface area contributed by atoms with Gasteiger partial charge in [-0.25, -0.2) is 9.97 Å². The maximum atomic E-state index is 5.21. The minimum absolute atomic E-state index is 0.403. The molecule has 0 saturated heterocycles. The summed E-state index contributed by atoms with van der Waals surface area (Å²) in [5.41, 5.74) is 0. The molecule has 13 heavy (non-hydrogen) atoms. The summed E-state index contributed by atoms with van der Waals surface area (Å²) in [4.78, 5) is 7.96. The van der Waals surface area contributed by atoms with Crippen LogP contribution in [0.15, 0.2) is 12.4 Å². The van der Waals surface area contributed by atoms with Crippen molar-refractivity contribution in [3.8, 4) is 6.01 Å². The van der Waals surface area contributed by atoms with E-state index in [1.807, 2.05) is 6.92 Å². The maximum absolute atomic E-state index is 5.21. The summed E-state index contributed by atoms with van der Waals surface area (Å²) in [6, 6.07) is 0.403. The standard InChI is InChI=1S/C8H11IN2O2/c1-2-12-3-4-13-8-10-5-7(9)6-11-8/h5-6H,2-4H2,1H3. The van der Waals surface area contributed by atoms with Crippen LogP contribution in [0.2, 0.25) is 0 Å². The average molecular weight is 294 g/mol. The predicted octanol–water partition coefficient (Wildman–Crippen LogP) is 1.50. The van der Waals surface area contributed by atoms with Crippen molar-refractivity contribution in [3.63, 3.8) is 0 Å². The van der Waals surface area contributed by atoms with Crippen LogP contribution in [0.5, 0.6) is 6.01 Å². The van der Waals surface area contributed by atoms with E-state index >= 15 is 0 Å². The summed E-state index contributed by atoms with van der Waals surface area (Å²) >= 11 is 2.14. The Kier molecular flexibility index (Phi) is 4.99. The molecule has 0 bridgehead atoms. The molecule has 0 aliphatic rings. The Morgan fingerprint density at radius 2 is 2.00 bits per heavy atom. The van der Waals surface area contributed by atoms with Gasteiger partial charge in [0.05, 0.1) is 6.61 Å². The molecular weight excluding hydrogens is 283 g/mol. The van der Waals surface area contributed by atoms with Gasteiger partial charge in [-0.3, -0.25) is 0 Å². The third kappa shape index (κ3) is 4.37. The first kappa shape index (κ1) is 10.6. The molecule has 0 radical (unpaired) electrons. The Morgan fingerprint density at radius 3 is 2.62 bits per heavy atom. The van der Waals surface area contributed by atoms with Crippen LogP contribution in [0.25, 0.3) is 0 Å². The first-order valence-corrected chi connectivity index (χ1v) is 5.09. The lowest BCUT2D eigenvalue weighted by atomic mass is 10.7. The normalized spacial score (nSPS) is 10.0. The van der Waals surface area contributed by atoms with Crippen LogP contribution in [0, 0.1) is 3.57 Å². The van der Waals surface area contributed by atoms with Crippen molar-refractivity contribution in [1.82, 2.24) is 9.97 Å². The molecule has 1 aromatic heterocycles. The number of hydrogen-bond donors (Lipinski definition) is 0. The molecule has 0 aliphatic carbocycles. The van der Waals surface area contributed by atoms with Gasteiger partial charge in [-0.2, -0.15) is 0 Å². The van der Waals surface area contributed by atoms with Gasteiger partial charge in [0.2, 0.25) is 0 Å². The van der Waals surface area contributed by atoms with Crippen molar-refractivity contribution >= 4 is 22.6 Å². The predicted molar refractivity (Wildman–Crippen MR) is 56.7 cm³/mol. The Labute approximate surface area is 90.8 Å². The van der Waals surface area contributed by atoms with Crippen LogP contribution in [0.1, 0.15) is 6.92 Å². The van der Waals surface area contributed by atoms with E-state index in [1.54, 1.807) is 12.4 Å². The smallest absolute Gasteiger partial charge is 0.316 e. The summed E-state index contributed by atoms with van der Waals surface area (Å²) in [6.07, 6.45) is 3.42. The molecule has 0 spiro atoms. The number of rotatable bonds is 5. The van der Waals surface area contributed by atoms with Gasteiger partial charge in [0, 0.05) is 22.6 Å². The second kappa shape index (κ2) is 6.09. The molecule has 1 aromatic rings. The molecule has 4 nitrogen and oxygen atoms in total. The summed E-state index contributed by atoms with van der Waals surface area (Å²) in [7, 11) is 0. The number of ether oxygens (including phenoxy) is 2. The molecule has 0 aliphatic heterocycles. The van der Waals surface area contributed by atoms with E-state index < -0.39 is 0 Å². The van der Waals surface area contributed by atoms with Crippen LogP contribution < -0.4 is 4.74 Å². The quantitative estimate of drug-likeness (QED) is 0.610. The fourth-order valence-electron chi connectivity index (χ4n) is 0.711. The molecule has 0 aromatic carbocycles. The minimum atomic E-state index is 0.403. The molecule has 1 heterocycles. The van der Waals surface area contributed by atoms with Crippen LogP contribution >= 0.6 is 22.6 Å². The van der Waals surface area contributed by atoms with Gasteiger partial charge in [0.25, 0.3) is 0 Å². The highest BCUT2D eigenvalue weighted by molar-refractivity contribution is 14.1. The molecule has 0 N–H and O–H groups in total. The molecular formula is C8H11IN2O2. The fourth-order valence-corrected chi connectivity index (χ4v) is 0.990. The minimum Gasteiger partial charge on any atom is -0.461 e. The molecule has 0 saturated carbocycles. The Hall–Kier alpha value is -0.430. The molecule has 0 unspecified atom stereocenters. The number of nitrogens with zero attached hydrogens (tertiary/aromatic N) is 2. The highest BCUT2D eigenvalue weighted by Gasteiger charge is 1.95. The Bertz CT molecular complexity index is 240. The van der Waals surface area contributed by atoms with Crippen LogP contribution in [0.3, 0.4) is 0 Å². The monoisotopic (exact) mass is 294 g/mol. The summed E-state index contributed by atoms with van der Waals surface area (Å²) in [6.45, 7) is 3.72. The van der Waals surface area contributed by atoms with Crippen molar-refractivity contribution < 1.29 is 9.47 Å². The van der Waals surface area contributed by atoms with Crippen LogP contribution in [0.4, 0.5) is 0 Å². The van der Waals surface area contributed by atoms with Crippen molar-refractivity contribution in [2.45, 2.75) is 6.92 Å². The topological polar surface area (TPSA) is 44.2 Å². The Balaban J connectivity index is 2.25. The van der Waals surface area contributed by atoms with Crippen molar-refractivity contribution in [1.29, 1.82) is 0 Å². The van der Waals surface area contributed by atoms with E-state index in [4.69, 9.17) is 9.47 Å². The van der Waals surface area contributed by atoms with E-state index in [9.17, 15) is 0 Å². The summed E-state index contributed by atoms with van der Waals surface area (Å²) in [5.74, 6) is 0. The summed E-state index contributed by atoms with van der Waals surface area (Å²) in [5, 5.41) is 0. The summed E-state index contributed by atoms with van der Waals surface area (Å²) < 4.78 is 11.3. The molecule has 1 rings (SSSR count). The SMILES string of the molecule is CCOCCOc1ncc(I)cn1. The van der Waals surface area contributed by atoms with Gasteiger partial charge in [0.15, 0.2) is 0 Å². The molecule has 0 atom stereocenters. The van der Waals surface area contributed by atoms with Crippen LogP contribution in [-0.4, -0.2) is 29.8 Å².